The van der Waals surface area contributed by atoms with E-state index in [0.29, 0.717) is 6.10 Å². The lowest BCUT2D eigenvalue weighted by molar-refractivity contribution is 0.108. The molecule has 2 rings (SSSR count). The molecular formula is C8H17ClN2O. The van der Waals surface area contributed by atoms with Crippen LogP contribution in [0.15, 0.2) is 0 Å². The molecule has 0 radical (unpaired) electrons. The quantitative estimate of drug-likeness (QED) is 0.638. The molecule has 0 unspecified atom stereocenters. The second-order valence-corrected chi connectivity index (χ2v) is 3.45. The SMILES string of the molecule is CO[C@H]1C[C@@H]2CNCCN2C1.Cl. The van der Waals surface area contributed by atoms with Crippen LogP contribution in [0.5, 0.6) is 0 Å². The van der Waals surface area contributed by atoms with Crippen LogP contribution in [0.1, 0.15) is 6.42 Å². The predicted octanol–water partition coefficient (Wildman–Crippen LogP) is 0.101. The Hall–Kier alpha value is 0.170. The average Bonchev–Trinajstić information content (AvgIpc) is 2.46. The molecule has 0 aromatic carbocycles. The molecule has 0 aromatic heterocycles. The summed E-state index contributed by atoms with van der Waals surface area (Å²) in [5.74, 6) is 0. The minimum atomic E-state index is 0. The molecule has 2 aliphatic rings. The predicted molar refractivity (Wildman–Crippen MR) is 50.9 cm³/mol. The monoisotopic (exact) mass is 192 g/mol. The van der Waals surface area contributed by atoms with Crippen molar-refractivity contribution >= 4 is 12.4 Å². The highest BCUT2D eigenvalue weighted by molar-refractivity contribution is 5.85. The summed E-state index contributed by atoms with van der Waals surface area (Å²) in [5.41, 5.74) is 0. The van der Waals surface area contributed by atoms with Crippen molar-refractivity contribution in [3.05, 3.63) is 0 Å². The molecule has 4 heteroatoms. The van der Waals surface area contributed by atoms with Crippen LogP contribution in [-0.2, 0) is 4.74 Å². The van der Waals surface area contributed by atoms with Crippen molar-refractivity contribution in [1.29, 1.82) is 0 Å². The Morgan fingerprint density at radius 2 is 2.33 bits per heavy atom. The van der Waals surface area contributed by atoms with Gasteiger partial charge < -0.3 is 10.1 Å². The molecule has 2 saturated heterocycles. The summed E-state index contributed by atoms with van der Waals surface area (Å²) >= 11 is 0. The third-order valence-electron chi connectivity index (χ3n) is 2.78. The van der Waals surface area contributed by atoms with Gasteiger partial charge in [-0.3, -0.25) is 4.90 Å². The summed E-state index contributed by atoms with van der Waals surface area (Å²) < 4.78 is 5.33. The zero-order chi connectivity index (χ0) is 7.68. The van der Waals surface area contributed by atoms with Gasteiger partial charge in [0, 0.05) is 39.3 Å². The van der Waals surface area contributed by atoms with Crippen molar-refractivity contribution in [2.45, 2.75) is 18.6 Å². The lowest BCUT2D eigenvalue weighted by Gasteiger charge is -2.29. The van der Waals surface area contributed by atoms with Crippen molar-refractivity contribution in [3.63, 3.8) is 0 Å². The molecule has 3 nitrogen and oxygen atoms in total. The molecule has 0 saturated carbocycles. The lowest BCUT2D eigenvalue weighted by Crippen LogP contribution is -2.47. The van der Waals surface area contributed by atoms with Gasteiger partial charge in [0.15, 0.2) is 0 Å². The van der Waals surface area contributed by atoms with E-state index in [0.717, 1.165) is 25.7 Å². The number of methoxy groups -OCH3 is 1. The summed E-state index contributed by atoms with van der Waals surface area (Å²) in [7, 11) is 1.82. The molecule has 2 aliphatic heterocycles. The van der Waals surface area contributed by atoms with Gasteiger partial charge in [-0.15, -0.1) is 12.4 Å². The molecule has 72 valence electrons. The number of fused-ring (bicyclic) bond motifs is 1. The van der Waals surface area contributed by atoms with E-state index < -0.39 is 0 Å². The first-order valence-electron chi connectivity index (χ1n) is 4.37. The van der Waals surface area contributed by atoms with E-state index in [4.69, 9.17) is 4.74 Å². The van der Waals surface area contributed by atoms with Crippen LogP contribution in [0.25, 0.3) is 0 Å². The Labute approximate surface area is 79.9 Å². The molecule has 1 N–H and O–H groups in total. The van der Waals surface area contributed by atoms with Crippen LogP contribution in [-0.4, -0.2) is 50.3 Å². The smallest absolute Gasteiger partial charge is 0.0713 e. The van der Waals surface area contributed by atoms with Crippen molar-refractivity contribution in [2.24, 2.45) is 0 Å². The third-order valence-corrected chi connectivity index (χ3v) is 2.78. The van der Waals surface area contributed by atoms with Crippen LogP contribution >= 0.6 is 12.4 Å². The van der Waals surface area contributed by atoms with Crippen LogP contribution in [0.4, 0.5) is 0 Å². The topological polar surface area (TPSA) is 24.5 Å². The maximum absolute atomic E-state index is 5.33. The molecule has 0 aromatic rings. The first-order chi connectivity index (χ1) is 5.40. The van der Waals surface area contributed by atoms with E-state index >= 15 is 0 Å². The molecule has 0 bridgehead atoms. The Balaban J connectivity index is 0.000000720. The van der Waals surface area contributed by atoms with E-state index in [1.807, 2.05) is 7.11 Å². The summed E-state index contributed by atoms with van der Waals surface area (Å²) in [5, 5.41) is 3.40. The van der Waals surface area contributed by atoms with Gasteiger partial charge in [-0.25, -0.2) is 0 Å². The number of nitrogens with zero attached hydrogens (tertiary/aromatic N) is 1. The second-order valence-electron chi connectivity index (χ2n) is 3.45. The fourth-order valence-corrected chi connectivity index (χ4v) is 2.09. The van der Waals surface area contributed by atoms with E-state index in [1.54, 1.807) is 0 Å². The fraction of sp³-hybridized carbons (Fsp3) is 1.00. The fourth-order valence-electron chi connectivity index (χ4n) is 2.09. The number of halogens is 1. The van der Waals surface area contributed by atoms with Gasteiger partial charge in [0.1, 0.15) is 0 Å². The summed E-state index contributed by atoms with van der Waals surface area (Å²) in [4.78, 5) is 2.53. The Bertz CT molecular complexity index is 131. The average molecular weight is 193 g/mol. The molecule has 0 amide bonds. The van der Waals surface area contributed by atoms with Gasteiger partial charge in [0.05, 0.1) is 6.10 Å². The van der Waals surface area contributed by atoms with Gasteiger partial charge in [0.25, 0.3) is 0 Å². The molecular weight excluding hydrogens is 176 g/mol. The van der Waals surface area contributed by atoms with Crippen LogP contribution < -0.4 is 5.32 Å². The summed E-state index contributed by atoms with van der Waals surface area (Å²) in [6.07, 6.45) is 1.70. The number of ether oxygens (including phenoxy) is 1. The van der Waals surface area contributed by atoms with Gasteiger partial charge in [0.2, 0.25) is 0 Å². The number of rotatable bonds is 1. The van der Waals surface area contributed by atoms with Gasteiger partial charge in [-0.2, -0.15) is 0 Å². The summed E-state index contributed by atoms with van der Waals surface area (Å²) in [6.45, 7) is 4.64. The van der Waals surface area contributed by atoms with E-state index in [-0.39, 0.29) is 12.4 Å². The van der Waals surface area contributed by atoms with E-state index in [2.05, 4.69) is 10.2 Å². The first-order valence-corrected chi connectivity index (χ1v) is 4.37. The first kappa shape index (κ1) is 10.3. The maximum atomic E-state index is 5.33. The van der Waals surface area contributed by atoms with Crippen molar-refractivity contribution in [2.75, 3.05) is 33.3 Å². The molecule has 0 spiro atoms. The van der Waals surface area contributed by atoms with Crippen LogP contribution in [0.2, 0.25) is 0 Å². The molecule has 2 heterocycles. The van der Waals surface area contributed by atoms with E-state index in [9.17, 15) is 0 Å². The Morgan fingerprint density at radius 3 is 3.00 bits per heavy atom. The van der Waals surface area contributed by atoms with Gasteiger partial charge in [-0.05, 0) is 6.42 Å². The van der Waals surface area contributed by atoms with Crippen LogP contribution in [0, 0.1) is 0 Å². The largest absolute Gasteiger partial charge is 0.380 e. The van der Waals surface area contributed by atoms with Crippen molar-refractivity contribution in [1.82, 2.24) is 10.2 Å². The second kappa shape index (κ2) is 4.42. The molecule has 2 atom stereocenters. The highest BCUT2D eigenvalue weighted by Crippen LogP contribution is 2.20. The number of piperazine rings is 1. The minimum absolute atomic E-state index is 0. The van der Waals surface area contributed by atoms with Crippen molar-refractivity contribution in [3.8, 4) is 0 Å². The third kappa shape index (κ3) is 1.91. The van der Waals surface area contributed by atoms with Crippen LogP contribution in [0.3, 0.4) is 0 Å². The normalized spacial score (nSPS) is 35.8. The number of hydrogen-bond acceptors (Lipinski definition) is 3. The zero-order valence-electron chi connectivity index (χ0n) is 7.45. The van der Waals surface area contributed by atoms with Crippen molar-refractivity contribution < 1.29 is 4.74 Å². The van der Waals surface area contributed by atoms with Gasteiger partial charge >= 0.3 is 0 Å². The van der Waals surface area contributed by atoms with E-state index in [1.165, 1.54) is 13.0 Å². The number of hydrogen-bond donors (Lipinski definition) is 1. The molecule has 2 fully saturated rings. The summed E-state index contributed by atoms with van der Waals surface area (Å²) in [6, 6.07) is 0.744. The minimum Gasteiger partial charge on any atom is -0.380 e. The Kier molecular flexibility index (Phi) is 3.77. The Morgan fingerprint density at radius 1 is 1.50 bits per heavy atom. The van der Waals surface area contributed by atoms with Gasteiger partial charge in [-0.1, -0.05) is 0 Å². The number of nitrogens with one attached hydrogen (secondary N) is 1. The molecule has 0 aliphatic carbocycles. The maximum Gasteiger partial charge on any atom is 0.0713 e. The zero-order valence-corrected chi connectivity index (χ0v) is 8.27. The lowest BCUT2D eigenvalue weighted by atomic mass is 10.2. The highest BCUT2D eigenvalue weighted by Gasteiger charge is 2.33. The highest BCUT2D eigenvalue weighted by atomic mass is 35.5. The molecule has 12 heavy (non-hydrogen) atoms. The standard InChI is InChI=1S/C8H16N2O.ClH/c1-11-8-4-7-5-9-2-3-10(7)6-8;/h7-9H,2-6H2,1H3;1H/t7-,8+;/m1./s1.